The van der Waals surface area contributed by atoms with Gasteiger partial charge in [0.15, 0.2) is 0 Å². The zero-order chi connectivity index (χ0) is 14.7. The summed E-state index contributed by atoms with van der Waals surface area (Å²) in [6, 6.07) is 9.59. The number of rotatable bonds is 3. The van der Waals surface area contributed by atoms with Crippen LogP contribution in [0.15, 0.2) is 28.7 Å². The molecular weight excluding hydrogens is 324 g/mol. The van der Waals surface area contributed by atoms with Crippen LogP contribution in [0.2, 0.25) is 0 Å². The molecule has 2 unspecified atom stereocenters. The molecule has 2 fully saturated rings. The van der Waals surface area contributed by atoms with Crippen molar-refractivity contribution in [1.29, 1.82) is 0 Å². The average molecular weight is 351 g/mol. The molecule has 0 saturated carbocycles. The monoisotopic (exact) mass is 350 g/mol. The van der Waals surface area contributed by atoms with E-state index in [-0.39, 0.29) is 0 Å². The maximum absolute atomic E-state index is 3.60. The second-order valence-corrected chi connectivity index (χ2v) is 7.79. The lowest BCUT2D eigenvalue weighted by atomic mass is 9.88. The zero-order valence-electron chi connectivity index (χ0n) is 13.0. The summed E-state index contributed by atoms with van der Waals surface area (Å²) in [5.41, 5.74) is 1.51. The predicted molar refractivity (Wildman–Crippen MR) is 92.7 cm³/mol. The molecule has 0 amide bonds. The minimum absolute atomic E-state index is 0.711. The highest BCUT2D eigenvalue weighted by Gasteiger charge is 2.25. The fourth-order valence-corrected chi connectivity index (χ4v) is 4.39. The predicted octanol–water partition coefficient (Wildman–Crippen LogP) is 4.02. The Labute approximate surface area is 137 Å². The van der Waals surface area contributed by atoms with E-state index in [4.69, 9.17) is 0 Å². The Kier molecular flexibility index (Phi) is 5.36. The molecule has 2 aliphatic heterocycles. The van der Waals surface area contributed by atoms with Gasteiger partial charge in [0.25, 0.3) is 0 Å². The summed E-state index contributed by atoms with van der Waals surface area (Å²) in [7, 11) is 0. The van der Waals surface area contributed by atoms with Gasteiger partial charge in [-0.15, -0.1) is 0 Å². The standard InChI is InChI=1S/C18H27BrN2/c1-14-11-15(5-8-20-14)13-21-9-6-16(7-10-21)17-3-2-4-18(19)12-17/h2-4,12,14-16,20H,5-11,13H2,1H3. The second kappa shape index (κ2) is 7.26. The van der Waals surface area contributed by atoms with Gasteiger partial charge in [-0.1, -0.05) is 28.1 Å². The number of nitrogens with one attached hydrogen (secondary N) is 1. The fraction of sp³-hybridized carbons (Fsp3) is 0.667. The first-order valence-corrected chi connectivity index (χ1v) is 9.21. The Morgan fingerprint density at radius 1 is 1.24 bits per heavy atom. The third-order valence-electron chi connectivity index (χ3n) is 5.16. The van der Waals surface area contributed by atoms with Gasteiger partial charge in [-0.2, -0.15) is 0 Å². The van der Waals surface area contributed by atoms with Crippen LogP contribution in [0.5, 0.6) is 0 Å². The van der Waals surface area contributed by atoms with Crippen molar-refractivity contribution < 1.29 is 0 Å². The summed E-state index contributed by atoms with van der Waals surface area (Å²) in [4.78, 5) is 2.71. The van der Waals surface area contributed by atoms with Gasteiger partial charge in [0.1, 0.15) is 0 Å². The Bertz CT molecular complexity index is 454. The number of benzene rings is 1. The van der Waals surface area contributed by atoms with Crippen LogP contribution in [-0.4, -0.2) is 37.1 Å². The van der Waals surface area contributed by atoms with E-state index in [2.05, 4.69) is 57.3 Å². The second-order valence-electron chi connectivity index (χ2n) is 6.88. The molecule has 2 saturated heterocycles. The topological polar surface area (TPSA) is 15.3 Å². The molecule has 21 heavy (non-hydrogen) atoms. The number of halogens is 1. The Morgan fingerprint density at radius 2 is 2.05 bits per heavy atom. The maximum atomic E-state index is 3.60. The van der Waals surface area contributed by atoms with Crippen molar-refractivity contribution in [2.45, 2.75) is 44.6 Å². The van der Waals surface area contributed by atoms with E-state index >= 15 is 0 Å². The van der Waals surface area contributed by atoms with Gasteiger partial charge in [-0.05, 0) is 81.8 Å². The summed E-state index contributed by atoms with van der Waals surface area (Å²) >= 11 is 3.60. The van der Waals surface area contributed by atoms with Gasteiger partial charge < -0.3 is 10.2 Å². The summed E-state index contributed by atoms with van der Waals surface area (Å²) in [5.74, 6) is 1.66. The molecule has 0 bridgehead atoms. The van der Waals surface area contributed by atoms with Gasteiger partial charge in [-0.25, -0.2) is 0 Å². The summed E-state index contributed by atoms with van der Waals surface area (Å²) in [6.45, 7) is 7.40. The largest absolute Gasteiger partial charge is 0.314 e. The fourth-order valence-electron chi connectivity index (χ4n) is 3.98. The van der Waals surface area contributed by atoms with E-state index in [9.17, 15) is 0 Å². The minimum Gasteiger partial charge on any atom is -0.314 e. The van der Waals surface area contributed by atoms with Crippen LogP contribution in [-0.2, 0) is 0 Å². The Morgan fingerprint density at radius 3 is 2.76 bits per heavy atom. The molecule has 2 atom stereocenters. The average Bonchev–Trinajstić information content (AvgIpc) is 2.48. The third-order valence-corrected chi connectivity index (χ3v) is 5.65. The van der Waals surface area contributed by atoms with Gasteiger partial charge in [-0.3, -0.25) is 0 Å². The molecule has 2 aliphatic rings. The molecule has 3 heteroatoms. The number of nitrogens with zero attached hydrogens (tertiary/aromatic N) is 1. The first-order valence-electron chi connectivity index (χ1n) is 8.42. The van der Waals surface area contributed by atoms with Crippen molar-refractivity contribution >= 4 is 15.9 Å². The highest BCUT2D eigenvalue weighted by Crippen LogP contribution is 2.30. The first kappa shape index (κ1) is 15.5. The van der Waals surface area contributed by atoms with E-state index < -0.39 is 0 Å². The summed E-state index contributed by atoms with van der Waals surface area (Å²) < 4.78 is 1.21. The van der Waals surface area contributed by atoms with Crippen molar-refractivity contribution in [2.24, 2.45) is 5.92 Å². The van der Waals surface area contributed by atoms with Crippen molar-refractivity contribution in [3.63, 3.8) is 0 Å². The van der Waals surface area contributed by atoms with E-state index in [1.807, 2.05) is 0 Å². The van der Waals surface area contributed by atoms with E-state index in [1.165, 1.54) is 61.9 Å². The van der Waals surface area contributed by atoms with E-state index in [1.54, 1.807) is 0 Å². The molecule has 0 aliphatic carbocycles. The third kappa shape index (κ3) is 4.30. The smallest absolute Gasteiger partial charge is 0.0178 e. The number of hydrogen-bond donors (Lipinski definition) is 1. The molecule has 3 rings (SSSR count). The number of hydrogen-bond acceptors (Lipinski definition) is 2. The van der Waals surface area contributed by atoms with Crippen molar-refractivity contribution in [2.75, 3.05) is 26.2 Å². The SMILES string of the molecule is CC1CC(CN2CCC(c3cccc(Br)c3)CC2)CCN1. The Hall–Kier alpha value is -0.380. The van der Waals surface area contributed by atoms with Gasteiger partial charge in [0.2, 0.25) is 0 Å². The van der Waals surface area contributed by atoms with Crippen LogP contribution in [0.3, 0.4) is 0 Å². The lowest BCUT2D eigenvalue weighted by Crippen LogP contribution is -2.42. The lowest BCUT2D eigenvalue weighted by Gasteiger charge is -2.37. The maximum Gasteiger partial charge on any atom is 0.0178 e. The lowest BCUT2D eigenvalue weighted by molar-refractivity contribution is 0.158. The van der Waals surface area contributed by atoms with E-state index in [0.29, 0.717) is 6.04 Å². The molecule has 0 spiro atoms. The van der Waals surface area contributed by atoms with Crippen LogP contribution in [0.1, 0.15) is 44.1 Å². The molecule has 0 radical (unpaired) electrons. The number of likely N-dealkylation sites (tertiary alicyclic amines) is 1. The molecule has 2 heterocycles. The molecule has 0 aromatic heterocycles. The quantitative estimate of drug-likeness (QED) is 0.885. The van der Waals surface area contributed by atoms with Crippen LogP contribution in [0, 0.1) is 5.92 Å². The van der Waals surface area contributed by atoms with Crippen LogP contribution >= 0.6 is 15.9 Å². The van der Waals surface area contributed by atoms with Crippen LogP contribution in [0.4, 0.5) is 0 Å². The van der Waals surface area contributed by atoms with Gasteiger partial charge in [0.05, 0.1) is 0 Å². The normalized spacial score (nSPS) is 28.7. The molecule has 116 valence electrons. The number of piperidine rings is 2. The zero-order valence-corrected chi connectivity index (χ0v) is 14.6. The molecule has 2 nitrogen and oxygen atoms in total. The van der Waals surface area contributed by atoms with Crippen LogP contribution in [0.25, 0.3) is 0 Å². The van der Waals surface area contributed by atoms with Gasteiger partial charge in [0, 0.05) is 17.1 Å². The van der Waals surface area contributed by atoms with Crippen LogP contribution < -0.4 is 5.32 Å². The van der Waals surface area contributed by atoms with E-state index in [0.717, 1.165) is 11.8 Å². The first-order chi connectivity index (χ1) is 10.2. The summed E-state index contributed by atoms with van der Waals surface area (Å²) in [6.07, 6.45) is 5.34. The minimum atomic E-state index is 0.711. The van der Waals surface area contributed by atoms with Crippen molar-refractivity contribution in [3.8, 4) is 0 Å². The molecule has 1 aromatic carbocycles. The van der Waals surface area contributed by atoms with Crippen molar-refractivity contribution in [1.82, 2.24) is 10.2 Å². The summed E-state index contributed by atoms with van der Waals surface area (Å²) in [5, 5.41) is 3.56. The highest BCUT2D eigenvalue weighted by molar-refractivity contribution is 9.10. The Balaban J connectivity index is 1.48. The highest BCUT2D eigenvalue weighted by atomic mass is 79.9. The molecule has 1 aromatic rings. The van der Waals surface area contributed by atoms with Crippen molar-refractivity contribution in [3.05, 3.63) is 34.3 Å². The van der Waals surface area contributed by atoms with Gasteiger partial charge >= 0.3 is 0 Å². The molecule has 1 N–H and O–H groups in total. The molecular formula is C18H27BrN2.